The predicted molar refractivity (Wildman–Crippen MR) is 46.7 cm³/mol. The molecule has 0 aromatic carbocycles. The van der Waals surface area contributed by atoms with Crippen molar-refractivity contribution in [3.8, 4) is 0 Å². The van der Waals surface area contributed by atoms with Crippen molar-refractivity contribution in [2.45, 2.75) is 26.4 Å². The minimum Gasteiger partial charge on any atom is -0.393 e. The summed E-state index contributed by atoms with van der Waals surface area (Å²) in [5, 5.41) is 11.6. The highest BCUT2D eigenvalue weighted by Gasteiger charge is 2.23. The summed E-state index contributed by atoms with van der Waals surface area (Å²) >= 11 is 0. The molecule has 1 aliphatic heterocycles. The predicted octanol–water partition coefficient (Wildman–Crippen LogP) is -0.0238. The van der Waals surface area contributed by atoms with E-state index >= 15 is 0 Å². The van der Waals surface area contributed by atoms with E-state index in [1.165, 1.54) is 6.08 Å². The minimum absolute atomic E-state index is 0.0874. The van der Waals surface area contributed by atoms with Gasteiger partial charge in [0.2, 0.25) is 0 Å². The number of hydrogen-bond donors (Lipinski definition) is 2. The van der Waals surface area contributed by atoms with E-state index in [2.05, 4.69) is 5.32 Å². The van der Waals surface area contributed by atoms with Crippen LogP contribution in [-0.4, -0.2) is 23.0 Å². The van der Waals surface area contributed by atoms with Crippen molar-refractivity contribution in [2.75, 3.05) is 0 Å². The summed E-state index contributed by atoms with van der Waals surface area (Å²) in [5.74, 6) is -0.690. The summed E-state index contributed by atoms with van der Waals surface area (Å²) in [7, 11) is 0. The largest absolute Gasteiger partial charge is 0.393 e. The van der Waals surface area contributed by atoms with Crippen molar-refractivity contribution in [3.63, 3.8) is 0 Å². The summed E-state index contributed by atoms with van der Waals surface area (Å²) in [4.78, 5) is 21.8. The van der Waals surface area contributed by atoms with Gasteiger partial charge in [-0.25, -0.2) is 0 Å². The quantitative estimate of drug-likeness (QED) is 0.604. The molecule has 13 heavy (non-hydrogen) atoms. The van der Waals surface area contributed by atoms with E-state index in [1.807, 2.05) is 13.8 Å². The van der Waals surface area contributed by atoms with Crippen molar-refractivity contribution in [1.82, 2.24) is 5.32 Å². The lowest BCUT2D eigenvalue weighted by Crippen LogP contribution is -2.24. The van der Waals surface area contributed by atoms with Gasteiger partial charge in [0.05, 0.1) is 6.10 Å². The number of carbonyl (C=O) groups excluding carboxylic acids is 2. The van der Waals surface area contributed by atoms with Gasteiger partial charge >= 0.3 is 0 Å². The summed E-state index contributed by atoms with van der Waals surface area (Å²) in [5.41, 5.74) is 0.367. The van der Waals surface area contributed by atoms with Gasteiger partial charge < -0.3 is 5.11 Å². The smallest absolute Gasteiger partial charge is 0.254 e. The normalized spacial score (nSPS) is 18.9. The lowest BCUT2D eigenvalue weighted by atomic mass is 9.99. The molecule has 2 amide bonds. The molecule has 1 rings (SSSR count). The van der Waals surface area contributed by atoms with E-state index in [0.29, 0.717) is 5.57 Å². The third-order valence-corrected chi connectivity index (χ3v) is 2.03. The Morgan fingerprint density at radius 1 is 1.46 bits per heavy atom. The Kier molecular flexibility index (Phi) is 2.83. The Morgan fingerprint density at radius 3 is 2.46 bits per heavy atom. The molecule has 4 heteroatoms. The molecule has 0 saturated carbocycles. The molecule has 0 aromatic rings. The molecule has 1 aliphatic rings. The highest BCUT2D eigenvalue weighted by molar-refractivity contribution is 6.16. The van der Waals surface area contributed by atoms with E-state index in [4.69, 9.17) is 0 Å². The monoisotopic (exact) mass is 183 g/mol. The second-order valence-corrected chi connectivity index (χ2v) is 3.50. The first-order chi connectivity index (χ1) is 6.00. The van der Waals surface area contributed by atoms with Crippen LogP contribution in [0.3, 0.4) is 0 Å². The molecule has 0 aliphatic carbocycles. The second kappa shape index (κ2) is 3.70. The third-order valence-electron chi connectivity index (χ3n) is 2.03. The summed E-state index contributed by atoms with van der Waals surface area (Å²) in [6.45, 7) is 3.72. The molecule has 1 atom stereocenters. The topological polar surface area (TPSA) is 66.4 Å². The van der Waals surface area contributed by atoms with Gasteiger partial charge in [-0.1, -0.05) is 13.8 Å². The van der Waals surface area contributed by atoms with Crippen LogP contribution in [0.4, 0.5) is 0 Å². The molecule has 0 radical (unpaired) electrons. The maximum absolute atomic E-state index is 11.0. The molecule has 0 spiro atoms. The molecule has 0 fully saturated rings. The Hall–Kier alpha value is -1.16. The fourth-order valence-corrected chi connectivity index (χ4v) is 1.06. The summed E-state index contributed by atoms with van der Waals surface area (Å²) in [6, 6.07) is 0. The number of aliphatic hydroxyl groups is 1. The molecule has 0 saturated heterocycles. The molecule has 72 valence electrons. The number of imide groups is 1. The Labute approximate surface area is 76.6 Å². The van der Waals surface area contributed by atoms with Gasteiger partial charge in [0, 0.05) is 18.1 Å². The second-order valence-electron chi connectivity index (χ2n) is 3.50. The van der Waals surface area contributed by atoms with Gasteiger partial charge in [-0.05, 0) is 5.92 Å². The zero-order valence-corrected chi connectivity index (χ0v) is 7.70. The maximum atomic E-state index is 11.0. The van der Waals surface area contributed by atoms with Crippen molar-refractivity contribution >= 4 is 11.8 Å². The third kappa shape index (κ3) is 2.39. The molecular formula is C9H13NO3. The lowest BCUT2D eigenvalue weighted by molar-refractivity contribution is -0.124. The Balaban J connectivity index is 2.59. The molecule has 1 heterocycles. The van der Waals surface area contributed by atoms with E-state index < -0.39 is 12.0 Å². The van der Waals surface area contributed by atoms with Crippen LogP contribution in [0, 0.1) is 5.92 Å². The SMILES string of the molecule is CC(C)C(O)CC1=CC(=O)NC1=O. The number of rotatable bonds is 3. The van der Waals surface area contributed by atoms with E-state index in [9.17, 15) is 14.7 Å². The summed E-state index contributed by atoms with van der Waals surface area (Å²) in [6.07, 6.45) is 0.922. The van der Waals surface area contributed by atoms with Crippen molar-refractivity contribution in [2.24, 2.45) is 5.92 Å². The number of amides is 2. The molecule has 2 N–H and O–H groups in total. The molecule has 4 nitrogen and oxygen atoms in total. The number of nitrogens with one attached hydrogen (secondary N) is 1. The van der Waals surface area contributed by atoms with Crippen molar-refractivity contribution < 1.29 is 14.7 Å². The first-order valence-corrected chi connectivity index (χ1v) is 4.24. The highest BCUT2D eigenvalue weighted by Crippen LogP contribution is 2.15. The van der Waals surface area contributed by atoms with Gasteiger partial charge in [0.25, 0.3) is 11.8 Å². The zero-order chi connectivity index (χ0) is 10.0. The molecule has 0 bridgehead atoms. The van der Waals surface area contributed by atoms with Gasteiger partial charge in [0.1, 0.15) is 0 Å². The number of aliphatic hydroxyl groups excluding tert-OH is 1. The van der Waals surface area contributed by atoms with Crippen molar-refractivity contribution in [1.29, 1.82) is 0 Å². The van der Waals surface area contributed by atoms with Crippen molar-refractivity contribution in [3.05, 3.63) is 11.6 Å². The summed E-state index contributed by atoms with van der Waals surface area (Å²) < 4.78 is 0. The highest BCUT2D eigenvalue weighted by atomic mass is 16.3. The van der Waals surface area contributed by atoms with Gasteiger partial charge in [-0.15, -0.1) is 0 Å². The average molecular weight is 183 g/mol. The fraction of sp³-hybridized carbons (Fsp3) is 0.556. The maximum Gasteiger partial charge on any atom is 0.254 e. The molecule has 0 aromatic heterocycles. The van der Waals surface area contributed by atoms with Gasteiger partial charge in [0.15, 0.2) is 0 Å². The van der Waals surface area contributed by atoms with Crippen LogP contribution >= 0.6 is 0 Å². The zero-order valence-electron chi connectivity index (χ0n) is 7.70. The van der Waals surface area contributed by atoms with E-state index in [0.717, 1.165) is 0 Å². The van der Waals surface area contributed by atoms with Crippen LogP contribution in [-0.2, 0) is 9.59 Å². The van der Waals surface area contributed by atoms with Crippen LogP contribution in [0.15, 0.2) is 11.6 Å². The first kappa shape index (κ1) is 9.92. The molecular weight excluding hydrogens is 170 g/mol. The van der Waals surface area contributed by atoms with Crippen LogP contribution in [0.1, 0.15) is 20.3 Å². The number of hydrogen-bond acceptors (Lipinski definition) is 3. The lowest BCUT2D eigenvalue weighted by Gasteiger charge is -2.13. The van der Waals surface area contributed by atoms with Gasteiger partial charge in [-0.3, -0.25) is 14.9 Å². The first-order valence-electron chi connectivity index (χ1n) is 4.24. The van der Waals surface area contributed by atoms with Crippen LogP contribution in [0.2, 0.25) is 0 Å². The Bertz CT molecular complexity index is 268. The van der Waals surface area contributed by atoms with E-state index in [1.54, 1.807) is 0 Å². The van der Waals surface area contributed by atoms with E-state index in [-0.39, 0.29) is 18.2 Å². The fourth-order valence-electron chi connectivity index (χ4n) is 1.06. The molecule has 1 unspecified atom stereocenters. The average Bonchev–Trinajstić information content (AvgIpc) is 2.30. The van der Waals surface area contributed by atoms with Crippen LogP contribution < -0.4 is 5.32 Å². The standard InChI is InChI=1S/C9H13NO3/c1-5(2)7(11)3-6-4-8(12)10-9(6)13/h4-5,7,11H,3H2,1-2H3,(H,10,12,13). The number of carbonyl (C=O) groups is 2. The van der Waals surface area contributed by atoms with Gasteiger partial charge in [-0.2, -0.15) is 0 Å². The minimum atomic E-state index is -0.567. The van der Waals surface area contributed by atoms with Crippen LogP contribution in [0.5, 0.6) is 0 Å². The van der Waals surface area contributed by atoms with Crippen LogP contribution in [0.25, 0.3) is 0 Å². The Morgan fingerprint density at radius 2 is 2.08 bits per heavy atom.